The highest BCUT2D eigenvalue weighted by Crippen LogP contribution is 2.59. The van der Waals surface area contributed by atoms with Crippen LogP contribution in [0.2, 0.25) is 0 Å². The van der Waals surface area contributed by atoms with E-state index in [0.29, 0.717) is 17.8 Å². The van der Waals surface area contributed by atoms with E-state index in [4.69, 9.17) is 0 Å². The molecule has 13 rings (SSSR count). The fourth-order valence-electron chi connectivity index (χ4n) is 14.6. The van der Waals surface area contributed by atoms with Gasteiger partial charge in [-0.05, 0) is 202 Å². The standard InChI is InChI=1S/C70H72N2/c1-69(2)63-27-17-16-24-58(63)61-44-65-62(45-64(61)69)68-60-26-15-14-25-59(60)67(46-66(68)70(65,3)4)72(56-38-32-52(33-39-56)49-22-12-7-13-23-49)57-42-40-55(41-43-57)71(53-34-28-50(29-35-53)47-18-8-5-9-19-47)54-36-30-51(31-37-54)48-20-10-6-11-21-48/h14-17,24-49H,5-13,18-23H2,1-4H3. The molecule has 0 amide bonds. The molecule has 2 nitrogen and oxygen atoms in total. The minimum absolute atomic E-state index is 0.0668. The van der Waals surface area contributed by atoms with Crippen molar-refractivity contribution >= 4 is 44.9 Å². The third kappa shape index (κ3) is 7.73. The summed E-state index contributed by atoms with van der Waals surface area (Å²) in [6.45, 7) is 9.75. The Kier molecular flexibility index (Phi) is 11.5. The quantitative estimate of drug-likeness (QED) is 0.142. The van der Waals surface area contributed by atoms with Gasteiger partial charge in [0.15, 0.2) is 0 Å². The summed E-state index contributed by atoms with van der Waals surface area (Å²) in [5.41, 5.74) is 22.7. The molecule has 72 heavy (non-hydrogen) atoms. The van der Waals surface area contributed by atoms with Crippen LogP contribution in [-0.2, 0) is 10.8 Å². The molecule has 8 aromatic rings. The van der Waals surface area contributed by atoms with Gasteiger partial charge in [0.05, 0.1) is 5.69 Å². The molecular weight excluding hydrogens is 869 g/mol. The average molecular weight is 941 g/mol. The Hall–Kier alpha value is -6.38. The Labute approximate surface area is 430 Å². The van der Waals surface area contributed by atoms with E-state index in [0.717, 1.165) is 0 Å². The van der Waals surface area contributed by atoms with Crippen LogP contribution < -0.4 is 9.80 Å². The van der Waals surface area contributed by atoms with Crippen molar-refractivity contribution in [1.29, 1.82) is 0 Å². The SMILES string of the molecule is CC1(C)c2ccccc2-c2cc3c(cc21)-c1c(cc(N(c2ccc(C4CCCCC4)cc2)c2ccc(N(c4ccc(C5CCCCC5)cc4)c4ccc(C5CCCCC5)cc4)cc2)c2ccccc12)C3(C)C. The van der Waals surface area contributed by atoms with Crippen molar-refractivity contribution in [2.24, 2.45) is 0 Å². The van der Waals surface area contributed by atoms with Gasteiger partial charge in [-0.25, -0.2) is 0 Å². The van der Waals surface area contributed by atoms with Gasteiger partial charge in [-0.1, -0.05) is 170 Å². The molecule has 0 radical (unpaired) electrons. The molecule has 0 unspecified atom stereocenters. The van der Waals surface area contributed by atoms with Crippen LogP contribution >= 0.6 is 0 Å². The van der Waals surface area contributed by atoms with Crippen LogP contribution in [0.5, 0.6) is 0 Å². The first-order chi connectivity index (χ1) is 35.2. The summed E-state index contributed by atoms with van der Waals surface area (Å²) in [7, 11) is 0. The molecule has 2 heteroatoms. The van der Waals surface area contributed by atoms with E-state index in [1.54, 1.807) is 0 Å². The third-order valence-corrected chi connectivity index (χ3v) is 18.7. The van der Waals surface area contributed by atoms with Gasteiger partial charge in [0.2, 0.25) is 0 Å². The summed E-state index contributed by atoms with van der Waals surface area (Å²) in [6.07, 6.45) is 20.0. The van der Waals surface area contributed by atoms with Crippen molar-refractivity contribution in [3.8, 4) is 22.3 Å². The molecule has 0 aromatic heterocycles. The average Bonchev–Trinajstić information content (AvgIpc) is 3.80. The van der Waals surface area contributed by atoms with Gasteiger partial charge < -0.3 is 9.80 Å². The lowest BCUT2D eigenvalue weighted by molar-refractivity contribution is 0.443. The molecule has 0 heterocycles. The fraction of sp³-hybridized carbons (Fsp3) is 0.343. The number of anilines is 6. The van der Waals surface area contributed by atoms with Crippen molar-refractivity contribution in [3.63, 3.8) is 0 Å². The second-order valence-electron chi connectivity index (χ2n) is 23.6. The predicted octanol–water partition coefficient (Wildman–Crippen LogP) is 20.5. The second-order valence-corrected chi connectivity index (χ2v) is 23.6. The molecule has 0 atom stereocenters. The maximum atomic E-state index is 2.57. The Bertz CT molecular complexity index is 3200. The molecule has 0 N–H and O–H groups in total. The molecule has 8 aromatic carbocycles. The zero-order chi connectivity index (χ0) is 48.6. The molecule has 5 aliphatic rings. The summed E-state index contributed by atoms with van der Waals surface area (Å²) in [5, 5.41) is 2.60. The highest BCUT2D eigenvalue weighted by Gasteiger charge is 2.43. The number of hydrogen-bond donors (Lipinski definition) is 0. The molecule has 5 aliphatic carbocycles. The minimum Gasteiger partial charge on any atom is -0.311 e. The van der Waals surface area contributed by atoms with E-state index in [1.807, 2.05) is 0 Å². The first-order valence-corrected chi connectivity index (χ1v) is 28.1. The van der Waals surface area contributed by atoms with Crippen molar-refractivity contribution in [3.05, 3.63) is 203 Å². The van der Waals surface area contributed by atoms with Crippen LogP contribution in [-0.4, -0.2) is 0 Å². The van der Waals surface area contributed by atoms with Crippen molar-refractivity contribution < 1.29 is 0 Å². The maximum absolute atomic E-state index is 2.57. The predicted molar refractivity (Wildman–Crippen MR) is 306 cm³/mol. The zero-order valence-corrected chi connectivity index (χ0v) is 43.3. The van der Waals surface area contributed by atoms with Gasteiger partial charge in [0.1, 0.15) is 0 Å². The van der Waals surface area contributed by atoms with E-state index in [1.165, 1.54) is 202 Å². The lowest BCUT2D eigenvalue weighted by Crippen LogP contribution is -2.18. The third-order valence-electron chi connectivity index (χ3n) is 18.7. The summed E-state index contributed by atoms with van der Waals surface area (Å²) in [5.74, 6) is 2.01. The normalized spacial score (nSPS) is 18.3. The zero-order valence-electron chi connectivity index (χ0n) is 43.3. The molecule has 0 spiro atoms. The van der Waals surface area contributed by atoms with Gasteiger partial charge in [-0.15, -0.1) is 0 Å². The molecule has 0 saturated heterocycles. The lowest BCUT2D eigenvalue weighted by atomic mass is 9.79. The summed E-state index contributed by atoms with van der Waals surface area (Å²) < 4.78 is 0. The fourth-order valence-corrected chi connectivity index (χ4v) is 14.6. The Morgan fingerprint density at radius 3 is 1.18 bits per heavy atom. The minimum atomic E-state index is -0.208. The number of benzene rings is 8. The first kappa shape index (κ1) is 45.5. The van der Waals surface area contributed by atoms with E-state index < -0.39 is 0 Å². The van der Waals surface area contributed by atoms with Crippen molar-refractivity contribution in [1.82, 2.24) is 0 Å². The molecule has 3 fully saturated rings. The van der Waals surface area contributed by atoms with Crippen LogP contribution in [0.1, 0.15) is 181 Å². The van der Waals surface area contributed by atoms with Crippen LogP contribution in [0.3, 0.4) is 0 Å². The summed E-state index contributed by atoms with van der Waals surface area (Å²) in [6, 6.07) is 64.5. The summed E-state index contributed by atoms with van der Waals surface area (Å²) >= 11 is 0. The molecule has 0 aliphatic heterocycles. The van der Waals surface area contributed by atoms with Crippen LogP contribution in [0.25, 0.3) is 33.0 Å². The van der Waals surface area contributed by atoms with E-state index >= 15 is 0 Å². The maximum Gasteiger partial charge on any atom is 0.0543 e. The molecular formula is C70H72N2. The Morgan fingerprint density at radius 2 is 0.694 bits per heavy atom. The lowest BCUT2D eigenvalue weighted by Gasteiger charge is -2.31. The smallest absolute Gasteiger partial charge is 0.0543 e. The van der Waals surface area contributed by atoms with E-state index in [-0.39, 0.29) is 10.8 Å². The number of nitrogens with zero attached hydrogens (tertiary/aromatic N) is 2. The molecule has 362 valence electrons. The summed E-state index contributed by atoms with van der Waals surface area (Å²) in [4.78, 5) is 5.06. The topological polar surface area (TPSA) is 6.48 Å². The largest absolute Gasteiger partial charge is 0.311 e. The Morgan fingerprint density at radius 1 is 0.319 bits per heavy atom. The molecule has 3 saturated carbocycles. The van der Waals surface area contributed by atoms with Gasteiger partial charge in [0.25, 0.3) is 0 Å². The van der Waals surface area contributed by atoms with E-state index in [9.17, 15) is 0 Å². The van der Waals surface area contributed by atoms with Crippen LogP contribution in [0, 0.1) is 0 Å². The van der Waals surface area contributed by atoms with Crippen LogP contribution in [0.15, 0.2) is 164 Å². The first-order valence-electron chi connectivity index (χ1n) is 28.1. The van der Waals surface area contributed by atoms with E-state index in [2.05, 4.69) is 201 Å². The highest BCUT2D eigenvalue weighted by molar-refractivity contribution is 6.10. The van der Waals surface area contributed by atoms with Crippen molar-refractivity contribution in [2.45, 2.75) is 153 Å². The number of hydrogen-bond acceptors (Lipinski definition) is 2. The van der Waals surface area contributed by atoms with Gasteiger partial charge >= 0.3 is 0 Å². The van der Waals surface area contributed by atoms with Gasteiger partial charge in [0, 0.05) is 44.7 Å². The monoisotopic (exact) mass is 941 g/mol. The van der Waals surface area contributed by atoms with Gasteiger partial charge in [-0.2, -0.15) is 0 Å². The number of rotatable bonds is 9. The van der Waals surface area contributed by atoms with Crippen molar-refractivity contribution in [2.75, 3.05) is 9.80 Å². The highest BCUT2D eigenvalue weighted by atomic mass is 15.2. The Balaban J connectivity index is 0.938. The van der Waals surface area contributed by atoms with Gasteiger partial charge in [-0.3, -0.25) is 0 Å². The second kappa shape index (κ2) is 18.3. The molecule has 0 bridgehead atoms. The number of fused-ring (bicyclic) bond motifs is 8. The van der Waals surface area contributed by atoms with Crippen LogP contribution in [0.4, 0.5) is 34.1 Å².